The summed E-state index contributed by atoms with van der Waals surface area (Å²) in [5.74, 6) is 2.99. The monoisotopic (exact) mass is 407 g/mol. The molecule has 0 saturated heterocycles. The van der Waals surface area contributed by atoms with Gasteiger partial charge in [0.15, 0.2) is 0 Å². The molecule has 6 heteroatoms. The van der Waals surface area contributed by atoms with Crippen molar-refractivity contribution in [3.05, 3.63) is 28.8 Å². The Balaban J connectivity index is 1.31. The minimum Gasteiger partial charge on any atom is -0.496 e. The Morgan fingerprint density at radius 1 is 1.25 bits per heavy atom. The van der Waals surface area contributed by atoms with Crippen molar-refractivity contribution < 1.29 is 9.53 Å². The van der Waals surface area contributed by atoms with Gasteiger partial charge in [-0.2, -0.15) is 0 Å². The van der Waals surface area contributed by atoms with Gasteiger partial charge >= 0.3 is 6.03 Å². The molecule has 2 N–H and O–H groups in total. The molecule has 2 unspecified atom stereocenters. The summed E-state index contributed by atoms with van der Waals surface area (Å²) in [4.78, 5) is 13.4. The number of amides is 2. The molecule has 0 radical (unpaired) electrons. The van der Waals surface area contributed by atoms with Crippen molar-refractivity contribution in [1.82, 2.24) is 15.5 Å². The lowest BCUT2D eigenvalue weighted by Gasteiger charge is -2.30. The summed E-state index contributed by atoms with van der Waals surface area (Å²) in [6.45, 7) is 2.14. The van der Waals surface area contributed by atoms with Crippen LogP contribution >= 0.6 is 11.6 Å². The van der Waals surface area contributed by atoms with Gasteiger partial charge in [0.1, 0.15) is 5.75 Å². The third-order valence-corrected chi connectivity index (χ3v) is 6.47. The molecule has 1 aromatic rings. The summed E-state index contributed by atoms with van der Waals surface area (Å²) in [7, 11) is 5.31. The fourth-order valence-corrected chi connectivity index (χ4v) is 4.52. The van der Waals surface area contributed by atoms with E-state index >= 15 is 0 Å². The van der Waals surface area contributed by atoms with Crippen molar-refractivity contribution in [2.45, 2.75) is 50.5 Å². The van der Waals surface area contributed by atoms with Crippen LogP contribution in [0.4, 0.5) is 4.79 Å². The maximum absolute atomic E-state index is 11.8. The maximum Gasteiger partial charge on any atom is 0.317 e. The van der Waals surface area contributed by atoms with Crippen molar-refractivity contribution >= 4 is 17.6 Å². The van der Waals surface area contributed by atoms with Crippen LogP contribution in [0, 0.1) is 11.8 Å². The quantitative estimate of drug-likeness (QED) is 0.633. The molecule has 3 rings (SSSR count). The smallest absolute Gasteiger partial charge is 0.317 e. The molecule has 2 amide bonds. The van der Waals surface area contributed by atoms with E-state index in [0.29, 0.717) is 17.9 Å². The third kappa shape index (κ3) is 5.77. The second kappa shape index (κ2) is 9.84. The molecule has 0 heterocycles. The van der Waals surface area contributed by atoms with Crippen molar-refractivity contribution in [2.75, 3.05) is 34.3 Å². The molecule has 0 aromatic heterocycles. The van der Waals surface area contributed by atoms with E-state index in [1.807, 2.05) is 12.1 Å². The van der Waals surface area contributed by atoms with E-state index in [4.69, 9.17) is 16.3 Å². The Morgan fingerprint density at radius 3 is 2.68 bits per heavy atom. The van der Waals surface area contributed by atoms with Gasteiger partial charge in [0, 0.05) is 25.2 Å². The first-order chi connectivity index (χ1) is 13.5. The van der Waals surface area contributed by atoms with Crippen LogP contribution in [0.25, 0.3) is 0 Å². The van der Waals surface area contributed by atoms with Crippen LogP contribution in [0.2, 0.25) is 5.02 Å². The topological polar surface area (TPSA) is 53.6 Å². The van der Waals surface area contributed by atoms with Crippen LogP contribution in [-0.4, -0.2) is 51.3 Å². The first-order valence-corrected chi connectivity index (χ1v) is 10.9. The predicted molar refractivity (Wildman–Crippen MR) is 114 cm³/mol. The number of nitrogens with zero attached hydrogens (tertiary/aromatic N) is 1. The first kappa shape index (κ1) is 21.3. The van der Waals surface area contributed by atoms with Crippen molar-refractivity contribution in [3.63, 3.8) is 0 Å². The average Bonchev–Trinajstić information content (AvgIpc) is 3.46. The van der Waals surface area contributed by atoms with E-state index in [1.54, 1.807) is 26.1 Å². The number of carbonyl (C=O) groups is 1. The van der Waals surface area contributed by atoms with E-state index in [-0.39, 0.29) is 6.03 Å². The van der Waals surface area contributed by atoms with Crippen LogP contribution in [0.5, 0.6) is 5.75 Å². The van der Waals surface area contributed by atoms with Gasteiger partial charge in [0.05, 0.1) is 7.11 Å². The fraction of sp³-hybridized carbons (Fsp3) is 0.682. The molecule has 1 aromatic carbocycles. The number of methoxy groups -OCH3 is 1. The molecule has 2 fully saturated rings. The lowest BCUT2D eigenvalue weighted by Crippen LogP contribution is -2.43. The Morgan fingerprint density at radius 2 is 2.00 bits per heavy atom. The number of halogens is 1. The molecule has 0 spiro atoms. The summed E-state index contributed by atoms with van der Waals surface area (Å²) in [5.41, 5.74) is 1.25. The summed E-state index contributed by atoms with van der Waals surface area (Å²) < 4.78 is 5.49. The number of urea groups is 1. The van der Waals surface area contributed by atoms with Gasteiger partial charge < -0.3 is 20.3 Å². The van der Waals surface area contributed by atoms with Gasteiger partial charge in [-0.15, -0.1) is 0 Å². The summed E-state index contributed by atoms with van der Waals surface area (Å²) >= 11 is 6.16. The van der Waals surface area contributed by atoms with E-state index < -0.39 is 0 Å². The number of ether oxygens (including phenoxy) is 1. The lowest BCUT2D eigenvalue weighted by molar-refractivity contribution is 0.203. The summed E-state index contributed by atoms with van der Waals surface area (Å²) in [5, 5.41) is 7.55. The molecule has 0 bridgehead atoms. The zero-order chi connectivity index (χ0) is 20.1. The molecule has 0 aliphatic heterocycles. The Bertz CT molecular complexity index is 659. The molecule has 2 saturated carbocycles. The van der Waals surface area contributed by atoms with E-state index in [0.717, 1.165) is 42.6 Å². The summed E-state index contributed by atoms with van der Waals surface area (Å²) in [6, 6.07) is 6.29. The van der Waals surface area contributed by atoms with E-state index in [2.05, 4.69) is 16.7 Å². The third-order valence-electron chi connectivity index (χ3n) is 6.23. The zero-order valence-electron chi connectivity index (χ0n) is 17.3. The number of carbonyl (C=O) groups excluding carboxylic acids is 1. The lowest BCUT2D eigenvalue weighted by atomic mass is 9.84. The second-order valence-electron chi connectivity index (χ2n) is 8.54. The molecule has 2 aliphatic carbocycles. The number of hydrogen-bond donors (Lipinski definition) is 2. The van der Waals surface area contributed by atoms with Crippen LogP contribution < -0.4 is 15.4 Å². The highest BCUT2D eigenvalue weighted by Crippen LogP contribution is 2.50. The minimum absolute atomic E-state index is 0.0282. The Labute approximate surface area is 174 Å². The maximum atomic E-state index is 11.8. The van der Waals surface area contributed by atoms with E-state index in [9.17, 15) is 4.79 Å². The van der Waals surface area contributed by atoms with Crippen LogP contribution in [0.15, 0.2) is 18.2 Å². The average molecular weight is 408 g/mol. The van der Waals surface area contributed by atoms with Crippen LogP contribution in [0.3, 0.4) is 0 Å². The molecule has 28 heavy (non-hydrogen) atoms. The SMILES string of the molecule is COc1ccc(Cl)cc1C1CC1CNCCC1CCC(NC(=O)N(C)C)CC1. The van der Waals surface area contributed by atoms with E-state index in [1.165, 1.54) is 31.2 Å². The molecule has 2 atom stereocenters. The highest BCUT2D eigenvalue weighted by atomic mass is 35.5. The molecule has 2 aliphatic rings. The normalized spacial score (nSPS) is 26.6. The molecular formula is C22H34ClN3O2. The number of nitrogens with one attached hydrogen (secondary N) is 2. The first-order valence-electron chi connectivity index (χ1n) is 10.5. The van der Waals surface area contributed by atoms with Gasteiger partial charge in [-0.3, -0.25) is 0 Å². The van der Waals surface area contributed by atoms with Crippen LogP contribution in [0.1, 0.15) is 50.0 Å². The van der Waals surface area contributed by atoms with Crippen molar-refractivity contribution in [1.29, 1.82) is 0 Å². The van der Waals surface area contributed by atoms with Crippen LogP contribution in [-0.2, 0) is 0 Å². The standard InChI is InChI=1S/C22H34ClN3O2/c1-26(2)22(27)25-18-7-4-15(5-8-18)10-11-24-14-16-12-19(16)20-13-17(23)6-9-21(20)28-3/h6,9,13,15-16,18-19,24H,4-5,7-8,10-12,14H2,1-3H3,(H,25,27). The minimum atomic E-state index is 0.0282. The van der Waals surface area contributed by atoms with Crippen molar-refractivity contribution in [3.8, 4) is 5.75 Å². The fourth-order valence-electron chi connectivity index (χ4n) is 4.34. The molecule has 5 nitrogen and oxygen atoms in total. The van der Waals surface area contributed by atoms with Gasteiger partial charge in [0.25, 0.3) is 0 Å². The Hall–Kier alpha value is -1.46. The summed E-state index contributed by atoms with van der Waals surface area (Å²) in [6.07, 6.45) is 7.07. The second-order valence-corrected chi connectivity index (χ2v) is 8.98. The number of rotatable bonds is 8. The Kier molecular flexibility index (Phi) is 7.47. The predicted octanol–water partition coefficient (Wildman–Crippen LogP) is 4.26. The van der Waals surface area contributed by atoms with Crippen molar-refractivity contribution in [2.24, 2.45) is 11.8 Å². The molecule has 156 valence electrons. The largest absolute Gasteiger partial charge is 0.496 e. The number of benzene rings is 1. The zero-order valence-corrected chi connectivity index (χ0v) is 18.1. The highest BCUT2D eigenvalue weighted by molar-refractivity contribution is 6.30. The highest BCUT2D eigenvalue weighted by Gasteiger charge is 2.39. The van der Waals surface area contributed by atoms with Gasteiger partial charge in [-0.05, 0) is 93.1 Å². The van der Waals surface area contributed by atoms with Gasteiger partial charge in [-0.1, -0.05) is 11.6 Å². The number of hydrogen-bond acceptors (Lipinski definition) is 3. The van der Waals surface area contributed by atoms with Gasteiger partial charge in [0.2, 0.25) is 0 Å². The molecular weight excluding hydrogens is 374 g/mol. The van der Waals surface area contributed by atoms with Gasteiger partial charge in [-0.25, -0.2) is 4.79 Å².